The molecule has 0 radical (unpaired) electrons. The van der Waals surface area contributed by atoms with Crippen LogP contribution in [0.5, 0.6) is 0 Å². The molecule has 10 unspecified atom stereocenters. The van der Waals surface area contributed by atoms with Gasteiger partial charge in [-0.1, -0.05) is 33.8 Å². The van der Waals surface area contributed by atoms with E-state index >= 15 is 9.59 Å². The lowest BCUT2D eigenvalue weighted by atomic mass is 9.98. The van der Waals surface area contributed by atoms with Crippen molar-refractivity contribution in [1.82, 2.24) is 55.7 Å². The van der Waals surface area contributed by atoms with Gasteiger partial charge in [0.15, 0.2) is 11.3 Å². The van der Waals surface area contributed by atoms with Crippen LogP contribution < -0.4 is 32.4 Å². The quantitative estimate of drug-likeness (QED) is 0.0649. The Labute approximate surface area is 553 Å². The van der Waals surface area contributed by atoms with E-state index in [1.54, 1.807) is 34.6 Å². The summed E-state index contributed by atoms with van der Waals surface area (Å²) < 4.78 is 27.5. The molecule has 7 rings (SSSR count). The molecule has 1 aromatic carbocycles. The first kappa shape index (κ1) is 73.6. The number of carbonyl (C=O) groups is 14. The lowest BCUT2D eigenvalue weighted by molar-refractivity contribution is -0.161. The van der Waals surface area contributed by atoms with Crippen molar-refractivity contribution in [2.75, 3.05) is 73.3 Å². The zero-order valence-electron chi connectivity index (χ0n) is 56.4. The van der Waals surface area contributed by atoms with Crippen LogP contribution in [0.1, 0.15) is 126 Å². The molecule has 1 aliphatic carbocycles. The summed E-state index contributed by atoms with van der Waals surface area (Å²) >= 11 is 0. The number of nitrogens with one attached hydrogen (secondary N) is 4. The van der Waals surface area contributed by atoms with Gasteiger partial charge in [-0.2, -0.15) is 0 Å². The Morgan fingerprint density at radius 2 is 1.07 bits per heavy atom. The van der Waals surface area contributed by atoms with E-state index < -0.39 is 191 Å². The predicted octanol–water partition coefficient (Wildman–Crippen LogP) is -0.680. The molecule has 10 atom stereocenters. The number of aryl methyl sites for hydroxylation is 1. The van der Waals surface area contributed by atoms with Crippen molar-refractivity contribution in [3.05, 3.63) is 44.6 Å². The fourth-order valence-electron chi connectivity index (χ4n) is 11.9. The summed E-state index contributed by atoms with van der Waals surface area (Å²) in [5, 5.41) is 10.5. The summed E-state index contributed by atoms with van der Waals surface area (Å²) in [6, 6.07) is -8.82. The Bertz CT molecular complexity index is 3650. The Balaban J connectivity index is 1.28. The number of cyclic esters (lactones) is 2. The molecule has 0 bridgehead atoms. The summed E-state index contributed by atoms with van der Waals surface area (Å²) in [5.74, 6) is -13.9. The van der Waals surface area contributed by atoms with Crippen molar-refractivity contribution in [3.63, 3.8) is 0 Å². The molecule has 32 heteroatoms. The number of likely N-dealkylation sites (N-methyl/N-ethyl adjacent to an activating group) is 2. The van der Waals surface area contributed by atoms with E-state index in [2.05, 4.69) is 21.3 Å². The number of esters is 4. The van der Waals surface area contributed by atoms with Gasteiger partial charge in [-0.3, -0.25) is 62.3 Å². The van der Waals surface area contributed by atoms with Crippen LogP contribution in [0.15, 0.2) is 21.3 Å². The highest BCUT2D eigenvalue weighted by atomic mass is 16.6. The number of anilines is 1. The third kappa shape index (κ3) is 15.6. The zero-order chi connectivity index (χ0) is 71.2. The van der Waals surface area contributed by atoms with E-state index in [9.17, 15) is 62.3 Å². The molecule has 5 aliphatic heterocycles. The third-order valence-corrected chi connectivity index (χ3v) is 18.2. The van der Waals surface area contributed by atoms with E-state index in [-0.39, 0.29) is 79.8 Å². The number of benzene rings is 2. The summed E-state index contributed by atoms with van der Waals surface area (Å²) in [6.45, 7) is 12.9. The van der Waals surface area contributed by atoms with Crippen LogP contribution in [-0.2, 0) is 76.5 Å². The SMILES string of the molecule is COC(=O)CCN1CC(=O)N(C)C(C)C(=O)OC(C)C(NC(=O)c2c3nc4c(C(=O)NC5C(=O)NC(C(C)C)C(=O)N6CCCC6C(=O)N(CCC(=O)OC)CC(=O)N(C)C(C)C(=O)OC5C)ccc(C)c4oc-3c(C)c(=O)c2N)C(=O)NC(C(C)C)C(=O)N2CCCC2C1=O. The van der Waals surface area contributed by atoms with Gasteiger partial charge in [0, 0.05) is 45.8 Å². The van der Waals surface area contributed by atoms with Crippen molar-refractivity contribution in [2.24, 2.45) is 11.8 Å². The second kappa shape index (κ2) is 30.7. The maximum Gasteiger partial charge on any atom is 0.328 e. The molecule has 32 nitrogen and oxygen atoms in total. The molecule has 0 aromatic heterocycles. The van der Waals surface area contributed by atoms with E-state index in [0.29, 0.717) is 18.4 Å². The number of fused-ring (bicyclic) bond motifs is 4. The minimum Gasteiger partial charge on any atom is -0.469 e. The molecule has 6 aliphatic rings. The lowest BCUT2D eigenvalue weighted by Crippen LogP contribution is -2.61. The fraction of sp³-hybridized carbons (Fsp3) is 0.594. The van der Waals surface area contributed by atoms with Crippen LogP contribution in [0, 0.1) is 25.7 Å². The summed E-state index contributed by atoms with van der Waals surface area (Å²) in [4.78, 5) is 224. The first-order chi connectivity index (χ1) is 45.1. The number of rotatable bonds is 12. The molecule has 0 saturated carbocycles. The number of methoxy groups -OCH3 is 2. The fourth-order valence-corrected chi connectivity index (χ4v) is 11.9. The molecule has 4 fully saturated rings. The van der Waals surface area contributed by atoms with Crippen LogP contribution in [-0.4, -0.2) is 245 Å². The van der Waals surface area contributed by atoms with Crippen molar-refractivity contribution < 1.29 is 90.5 Å². The average Bonchev–Trinajstić information content (AvgIpc) is 0.908. The topological polar surface area (TPSA) is 413 Å². The molecular formula is C64H86N12O20. The average molecular weight is 1340 g/mol. The molecule has 522 valence electrons. The highest BCUT2D eigenvalue weighted by Crippen LogP contribution is 2.35. The number of nitrogen functional groups attached to an aromatic ring is 1. The van der Waals surface area contributed by atoms with Gasteiger partial charge in [-0.15, -0.1) is 0 Å². The number of carbonyl (C=O) groups excluding carboxylic acids is 14. The Morgan fingerprint density at radius 3 is 1.49 bits per heavy atom. The maximum absolute atomic E-state index is 15.2. The number of hydrogen-bond donors (Lipinski definition) is 5. The number of nitrogens with two attached hydrogens (primary N) is 1. The number of amides is 10. The van der Waals surface area contributed by atoms with Gasteiger partial charge in [-0.25, -0.2) is 14.6 Å². The van der Waals surface area contributed by atoms with Gasteiger partial charge in [0.05, 0.1) is 57.0 Å². The van der Waals surface area contributed by atoms with Crippen LogP contribution in [0.2, 0.25) is 0 Å². The number of aromatic nitrogens is 1. The van der Waals surface area contributed by atoms with Gasteiger partial charge in [0.2, 0.25) is 52.7 Å². The van der Waals surface area contributed by atoms with E-state index in [0.717, 1.165) is 33.8 Å². The highest BCUT2D eigenvalue weighted by molar-refractivity contribution is 6.10. The van der Waals surface area contributed by atoms with Crippen molar-refractivity contribution >= 4 is 99.7 Å². The van der Waals surface area contributed by atoms with E-state index in [4.69, 9.17) is 34.1 Å². The van der Waals surface area contributed by atoms with Gasteiger partial charge in [0.25, 0.3) is 11.8 Å². The zero-order valence-corrected chi connectivity index (χ0v) is 56.4. The largest absolute Gasteiger partial charge is 0.469 e. The van der Waals surface area contributed by atoms with Crippen molar-refractivity contribution in [1.29, 1.82) is 0 Å². The number of ether oxygens (including phenoxy) is 4. The maximum atomic E-state index is 15.2. The van der Waals surface area contributed by atoms with Gasteiger partial charge in [0.1, 0.15) is 71.8 Å². The molecule has 4 saturated heterocycles. The first-order valence-electron chi connectivity index (χ1n) is 31.8. The molecule has 6 N–H and O–H groups in total. The smallest absolute Gasteiger partial charge is 0.328 e. The van der Waals surface area contributed by atoms with Crippen LogP contribution in [0.4, 0.5) is 5.69 Å². The molecule has 1 aromatic rings. The summed E-state index contributed by atoms with van der Waals surface area (Å²) in [5.41, 5.74) is 3.19. The van der Waals surface area contributed by atoms with Crippen molar-refractivity contribution in [2.45, 2.75) is 168 Å². The first-order valence-corrected chi connectivity index (χ1v) is 31.8. The van der Waals surface area contributed by atoms with Crippen molar-refractivity contribution in [3.8, 4) is 11.5 Å². The molecule has 96 heavy (non-hydrogen) atoms. The monoisotopic (exact) mass is 1340 g/mol. The van der Waals surface area contributed by atoms with Crippen LogP contribution in [0.3, 0.4) is 0 Å². The summed E-state index contributed by atoms with van der Waals surface area (Å²) in [6.07, 6.45) is -2.78. The third-order valence-electron chi connectivity index (χ3n) is 18.2. The minimum absolute atomic E-state index is 0.0610. The number of nitrogens with zero attached hydrogens (tertiary/aromatic N) is 7. The molecule has 5 heterocycles. The normalized spacial score (nSPS) is 25.0. The van der Waals surface area contributed by atoms with E-state index in [1.807, 2.05) is 0 Å². The standard InChI is InChI=1S/C64H86N12O20/c1-29(2)46-61(88)75-23-15-17-38(75)59(86)73(25-21-42(79)92-13)27-40(77)71(11)33(7)63(90)94-35(9)48(57(84)67-46)69-55(82)37-20-19-31(5)53-50(37)66-51-44(45(65)52(81)32(6)54(51)96-53)56(83)70-49-36(10)95-64(91)34(8)72(12)41(78)28-74(26-22-43(80)93-14)60(87)39-18-16-24-76(39)62(89)47(30(3)4)68-58(49)85/h19-20,29-30,33-36,38-39,46-49H,15-18,21-28,65H2,1-14H3,(H,67,84)(H,68,85)(H,69,82)(H,70,83). The Hall–Kier alpha value is -9.78. The summed E-state index contributed by atoms with van der Waals surface area (Å²) in [7, 11) is 4.85. The van der Waals surface area contributed by atoms with Gasteiger partial charge in [-0.05, 0) is 90.7 Å². The van der Waals surface area contributed by atoms with Crippen LogP contribution in [0.25, 0.3) is 22.6 Å². The molecule has 10 amide bonds. The second-order valence-electron chi connectivity index (χ2n) is 25.3. The number of hydrogen-bond acceptors (Lipinski definition) is 22. The Kier molecular flexibility index (Phi) is 23.6. The second-order valence-corrected chi connectivity index (χ2v) is 25.3. The molecule has 0 spiro atoms. The lowest BCUT2D eigenvalue weighted by Gasteiger charge is -2.35. The van der Waals surface area contributed by atoms with E-state index in [1.165, 1.54) is 70.6 Å². The van der Waals surface area contributed by atoms with Gasteiger partial charge >= 0.3 is 23.9 Å². The molecular weight excluding hydrogens is 1260 g/mol. The highest BCUT2D eigenvalue weighted by Gasteiger charge is 2.46. The van der Waals surface area contributed by atoms with Crippen LogP contribution >= 0.6 is 0 Å². The van der Waals surface area contributed by atoms with Gasteiger partial charge < -0.3 is 79.8 Å². The predicted molar refractivity (Wildman–Crippen MR) is 338 cm³/mol. The Morgan fingerprint density at radius 1 is 0.646 bits per heavy atom. The minimum atomic E-state index is -1.94.